The summed E-state index contributed by atoms with van der Waals surface area (Å²) in [6, 6.07) is 5.51. The molecule has 0 saturated carbocycles. The molecule has 1 aromatic rings. The summed E-state index contributed by atoms with van der Waals surface area (Å²) in [6.07, 6.45) is 0.0189. The van der Waals surface area contributed by atoms with Crippen LogP contribution < -0.4 is 36.1 Å². The molecule has 2 aliphatic rings. The lowest BCUT2D eigenvalue weighted by Crippen LogP contribution is -2.39. The van der Waals surface area contributed by atoms with Crippen LogP contribution in [-0.2, 0) is 0 Å². The third-order valence-electron chi connectivity index (χ3n) is 2.32. The summed E-state index contributed by atoms with van der Waals surface area (Å²) in [4.78, 5) is 0. The molecule has 4 N–H and O–H groups in total. The lowest BCUT2D eigenvalue weighted by Gasteiger charge is -2.11. The highest BCUT2D eigenvalue weighted by molar-refractivity contribution is 5.46. The molecule has 1 fully saturated rings. The first kappa shape index (κ1) is 9.67. The Morgan fingerprint density at radius 2 is 2.00 bits per heavy atom. The standard InChI is InChI=1S/C9H12N4O3/c1-2-7-8(16-5-15-7)3-6(1)14-4-9-10-12-13-11-9/h1-3,9-13H,4-5H2. The third-order valence-corrected chi connectivity index (χ3v) is 2.32. The SMILES string of the molecule is c1cc2c(cc1OCC1NNNN1)OCO2. The van der Waals surface area contributed by atoms with Crippen molar-refractivity contribution in [2.45, 2.75) is 6.17 Å². The van der Waals surface area contributed by atoms with E-state index in [1.807, 2.05) is 18.2 Å². The quantitative estimate of drug-likeness (QED) is 0.537. The molecule has 86 valence electrons. The number of nitrogens with one attached hydrogen (secondary N) is 4. The average Bonchev–Trinajstić information content (AvgIpc) is 2.97. The zero-order valence-electron chi connectivity index (χ0n) is 8.45. The maximum Gasteiger partial charge on any atom is 0.231 e. The van der Waals surface area contributed by atoms with E-state index in [0.29, 0.717) is 6.61 Å². The Morgan fingerprint density at radius 3 is 2.88 bits per heavy atom. The van der Waals surface area contributed by atoms with Crippen LogP contribution in [0.5, 0.6) is 17.2 Å². The summed E-state index contributed by atoms with van der Waals surface area (Å²) in [5.41, 5.74) is 11.3. The maximum absolute atomic E-state index is 5.57. The first-order valence-corrected chi connectivity index (χ1v) is 4.95. The Bertz CT molecular complexity index is 381. The summed E-state index contributed by atoms with van der Waals surface area (Å²) >= 11 is 0. The molecule has 0 amide bonds. The molecule has 16 heavy (non-hydrogen) atoms. The van der Waals surface area contributed by atoms with Gasteiger partial charge in [0, 0.05) is 6.07 Å². The molecule has 3 rings (SSSR count). The Hall–Kier alpha value is -1.54. The van der Waals surface area contributed by atoms with Crippen molar-refractivity contribution < 1.29 is 14.2 Å². The van der Waals surface area contributed by atoms with Crippen LogP contribution >= 0.6 is 0 Å². The van der Waals surface area contributed by atoms with Crippen molar-refractivity contribution in [3.63, 3.8) is 0 Å². The second-order valence-corrected chi connectivity index (χ2v) is 3.42. The second kappa shape index (κ2) is 4.14. The lowest BCUT2D eigenvalue weighted by molar-refractivity contribution is 0.173. The zero-order valence-corrected chi connectivity index (χ0v) is 8.45. The topological polar surface area (TPSA) is 75.8 Å². The van der Waals surface area contributed by atoms with Gasteiger partial charge < -0.3 is 14.2 Å². The fraction of sp³-hybridized carbons (Fsp3) is 0.333. The van der Waals surface area contributed by atoms with E-state index in [4.69, 9.17) is 14.2 Å². The highest BCUT2D eigenvalue weighted by Crippen LogP contribution is 2.34. The van der Waals surface area contributed by atoms with Crippen LogP contribution in [0.25, 0.3) is 0 Å². The van der Waals surface area contributed by atoms with Crippen LogP contribution in [0.2, 0.25) is 0 Å². The lowest BCUT2D eigenvalue weighted by atomic mass is 10.3. The molecule has 0 unspecified atom stereocenters. The molecule has 0 aromatic heterocycles. The fourth-order valence-corrected chi connectivity index (χ4v) is 1.51. The van der Waals surface area contributed by atoms with Gasteiger partial charge in [0.05, 0.1) is 0 Å². The van der Waals surface area contributed by atoms with E-state index in [0.717, 1.165) is 17.2 Å². The molecular weight excluding hydrogens is 212 g/mol. The van der Waals surface area contributed by atoms with Gasteiger partial charge in [-0.1, -0.05) is 0 Å². The van der Waals surface area contributed by atoms with Gasteiger partial charge in [0.25, 0.3) is 0 Å². The predicted molar refractivity (Wildman–Crippen MR) is 54.4 cm³/mol. The Morgan fingerprint density at radius 1 is 1.19 bits per heavy atom. The van der Waals surface area contributed by atoms with Crippen molar-refractivity contribution in [2.75, 3.05) is 13.4 Å². The number of fused-ring (bicyclic) bond motifs is 1. The number of hydrogen-bond acceptors (Lipinski definition) is 7. The van der Waals surface area contributed by atoms with Crippen LogP contribution in [0.1, 0.15) is 0 Å². The van der Waals surface area contributed by atoms with Crippen molar-refractivity contribution in [3.05, 3.63) is 18.2 Å². The smallest absolute Gasteiger partial charge is 0.231 e. The van der Waals surface area contributed by atoms with Gasteiger partial charge in [0.1, 0.15) is 18.5 Å². The van der Waals surface area contributed by atoms with Crippen LogP contribution in [-0.4, -0.2) is 19.6 Å². The number of benzene rings is 1. The summed E-state index contributed by atoms with van der Waals surface area (Å²) in [5.74, 6) is 2.23. The molecule has 2 aliphatic heterocycles. The third kappa shape index (κ3) is 1.89. The molecule has 0 spiro atoms. The van der Waals surface area contributed by atoms with Crippen molar-refractivity contribution in [1.82, 2.24) is 21.9 Å². The number of hydrazine groups is 3. The fourth-order valence-electron chi connectivity index (χ4n) is 1.51. The Kier molecular flexibility index (Phi) is 2.50. The van der Waals surface area contributed by atoms with E-state index in [2.05, 4.69) is 21.9 Å². The van der Waals surface area contributed by atoms with Crippen LogP contribution in [0, 0.1) is 0 Å². The summed E-state index contributed by atoms with van der Waals surface area (Å²) < 4.78 is 16.0. The van der Waals surface area contributed by atoms with Crippen molar-refractivity contribution in [1.29, 1.82) is 0 Å². The second-order valence-electron chi connectivity index (χ2n) is 3.42. The summed E-state index contributed by atoms with van der Waals surface area (Å²) in [5, 5.41) is 0. The molecule has 0 radical (unpaired) electrons. The first-order valence-electron chi connectivity index (χ1n) is 4.95. The monoisotopic (exact) mass is 224 g/mol. The number of ether oxygens (including phenoxy) is 3. The highest BCUT2D eigenvalue weighted by atomic mass is 16.7. The van der Waals surface area contributed by atoms with E-state index < -0.39 is 0 Å². The normalized spacial score (nSPS) is 19.0. The average molecular weight is 224 g/mol. The Labute approximate surface area is 92.0 Å². The predicted octanol–water partition coefficient (Wildman–Crippen LogP) is -0.763. The molecule has 7 heteroatoms. The van der Waals surface area contributed by atoms with Gasteiger partial charge in [-0.05, 0) is 12.1 Å². The minimum absolute atomic E-state index is 0.0189. The zero-order chi connectivity index (χ0) is 10.8. The van der Waals surface area contributed by atoms with Gasteiger partial charge in [0.15, 0.2) is 11.5 Å². The number of rotatable bonds is 3. The van der Waals surface area contributed by atoms with Gasteiger partial charge >= 0.3 is 0 Å². The summed E-state index contributed by atoms with van der Waals surface area (Å²) in [7, 11) is 0. The van der Waals surface area contributed by atoms with Gasteiger partial charge in [-0.2, -0.15) is 11.1 Å². The minimum atomic E-state index is 0.0189. The van der Waals surface area contributed by atoms with Crippen molar-refractivity contribution in [3.8, 4) is 17.2 Å². The Balaban J connectivity index is 1.61. The minimum Gasteiger partial charge on any atom is -0.490 e. The molecule has 0 bridgehead atoms. The first-order chi connectivity index (χ1) is 7.92. The van der Waals surface area contributed by atoms with Gasteiger partial charge in [0.2, 0.25) is 6.79 Å². The van der Waals surface area contributed by atoms with Crippen LogP contribution in [0.3, 0.4) is 0 Å². The van der Waals surface area contributed by atoms with Crippen molar-refractivity contribution >= 4 is 0 Å². The maximum atomic E-state index is 5.57. The van der Waals surface area contributed by atoms with E-state index >= 15 is 0 Å². The molecule has 1 aromatic carbocycles. The van der Waals surface area contributed by atoms with E-state index in [-0.39, 0.29) is 13.0 Å². The molecule has 0 aliphatic carbocycles. The molecule has 7 nitrogen and oxygen atoms in total. The van der Waals surface area contributed by atoms with E-state index in [9.17, 15) is 0 Å². The summed E-state index contributed by atoms with van der Waals surface area (Å²) in [6.45, 7) is 0.762. The largest absolute Gasteiger partial charge is 0.490 e. The molecule has 0 atom stereocenters. The van der Waals surface area contributed by atoms with Gasteiger partial charge in [-0.15, -0.1) is 0 Å². The van der Waals surface area contributed by atoms with Gasteiger partial charge in [-0.25, -0.2) is 10.9 Å². The van der Waals surface area contributed by atoms with E-state index in [1.165, 1.54) is 0 Å². The van der Waals surface area contributed by atoms with Crippen molar-refractivity contribution in [2.24, 2.45) is 0 Å². The molecule has 1 saturated heterocycles. The molecular formula is C9H12N4O3. The van der Waals surface area contributed by atoms with E-state index in [1.54, 1.807) is 0 Å². The highest BCUT2D eigenvalue weighted by Gasteiger charge is 2.16. The van der Waals surface area contributed by atoms with Crippen LogP contribution in [0.15, 0.2) is 18.2 Å². The number of hydrogen-bond donors (Lipinski definition) is 4. The van der Waals surface area contributed by atoms with Gasteiger partial charge in [-0.3, -0.25) is 0 Å². The van der Waals surface area contributed by atoms with Crippen LogP contribution in [0.4, 0.5) is 0 Å². The molecule has 2 heterocycles.